The van der Waals surface area contributed by atoms with Crippen LogP contribution in [0, 0.1) is 12.7 Å². The molecule has 0 radical (unpaired) electrons. The number of primary amides is 1. The summed E-state index contributed by atoms with van der Waals surface area (Å²) < 4.78 is 16.5. The van der Waals surface area contributed by atoms with Crippen LogP contribution in [0.3, 0.4) is 0 Å². The Morgan fingerprint density at radius 3 is 2.55 bits per heavy atom. The SMILES string of the molecule is Cc1c(C2=C(Cl)C[C@H](C(N)=O)c3[nH]c4cc(C(C)(C)O)ccc4c32)cccc1-n1c(=O)c2cc(F)ccc2n(C)c1=O. The monoisotopic (exact) mass is 586 g/mol. The zero-order chi connectivity index (χ0) is 30.2. The summed E-state index contributed by atoms with van der Waals surface area (Å²) in [6.45, 7) is 5.16. The van der Waals surface area contributed by atoms with E-state index in [4.69, 9.17) is 17.3 Å². The summed E-state index contributed by atoms with van der Waals surface area (Å²) in [4.78, 5) is 42.9. The molecule has 1 aliphatic rings. The van der Waals surface area contributed by atoms with E-state index in [0.717, 1.165) is 16.0 Å². The van der Waals surface area contributed by atoms with Crippen LogP contribution in [0.2, 0.25) is 0 Å². The van der Waals surface area contributed by atoms with Crippen molar-refractivity contribution in [1.82, 2.24) is 14.1 Å². The fourth-order valence-electron chi connectivity index (χ4n) is 5.95. The van der Waals surface area contributed by atoms with Crippen molar-refractivity contribution in [2.24, 2.45) is 12.8 Å². The van der Waals surface area contributed by atoms with Gasteiger partial charge >= 0.3 is 5.69 Å². The molecule has 8 nitrogen and oxygen atoms in total. The summed E-state index contributed by atoms with van der Waals surface area (Å²) in [6.07, 6.45) is 0.158. The predicted octanol–water partition coefficient (Wildman–Crippen LogP) is 4.82. The van der Waals surface area contributed by atoms with Crippen molar-refractivity contribution >= 4 is 44.9 Å². The Morgan fingerprint density at radius 1 is 1.12 bits per heavy atom. The third-order valence-corrected chi connectivity index (χ3v) is 8.52. The Balaban J connectivity index is 1.63. The minimum absolute atomic E-state index is 0.0719. The minimum Gasteiger partial charge on any atom is -0.386 e. The molecule has 1 amide bonds. The molecular weight excluding hydrogens is 559 g/mol. The number of aliphatic hydroxyl groups is 1. The lowest BCUT2D eigenvalue weighted by molar-refractivity contribution is -0.119. The maximum atomic E-state index is 14.1. The summed E-state index contributed by atoms with van der Waals surface area (Å²) in [7, 11) is 1.53. The molecule has 5 aromatic rings. The number of aryl methyl sites for hydroxylation is 1. The molecule has 0 fully saturated rings. The van der Waals surface area contributed by atoms with Crippen LogP contribution in [0.15, 0.2) is 69.2 Å². The molecule has 2 aromatic heterocycles. The number of nitrogens with one attached hydrogen (secondary N) is 1. The molecule has 42 heavy (non-hydrogen) atoms. The number of halogens is 2. The Hall–Kier alpha value is -4.47. The second kappa shape index (κ2) is 9.54. The van der Waals surface area contributed by atoms with Gasteiger partial charge in [-0.15, -0.1) is 0 Å². The van der Waals surface area contributed by atoms with Crippen LogP contribution in [-0.4, -0.2) is 25.1 Å². The first-order valence-electron chi connectivity index (χ1n) is 13.4. The van der Waals surface area contributed by atoms with Gasteiger partial charge in [0.15, 0.2) is 0 Å². The van der Waals surface area contributed by atoms with E-state index in [-0.39, 0.29) is 11.8 Å². The van der Waals surface area contributed by atoms with Crippen LogP contribution in [0.1, 0.15) is 54.1 Å². The first-order valence-corrected chi connectivity index (χ1v) is 13.8. The molecule has 214 valence electrons. The number of benzene rings is 3. The second-order valence-electron chi connectivity index (χ2n) is 11.3. The summed E-state index contributed by atoms with van der Waals surface area (Å²) in [5, 5.41) is 11.8. The van der Waals surface area contributed by atoms with Crippen LogP contribution in [-0.2, 0) is 17.4 Å². The van der Waals surface area contributed by atoms with Crippen LogP contribution in [0.4, 0.5) is 4.39 Å². The Labute approximate surface area is 244 Å². The number of nitrogens with zero attached hydrogens (tertiary/aromatic N) is 2. The standard InChI is InChI=1S/C32H28ClFN4O4/c1-15-18(6-5-7-24(15)38-30(40)20-13-17(34)9-11-25(20)37(4)31(38)41)26-22(33)14-21(29(35)39)28-27(26)19-10-8-16(32(2,3)42)12-23(19)36-28/h5-13,21,36,42H,14H2,1-4H3,(H2,35,39)/t21-/m0/s1. The first-order chi connectivity index (χ1) is 19.8. The fourth-order valence-corrected chi connectivity index (χ4v) is 6.30. The number of nitrogens with two attached hydrogens (primary N) is 1. The fraction of sp³-hybridized carbons (Fsp3) is 0.219. The number of hydrogen-bond acceptors (Lipinski definition) is 4. The zero-order valence-electron chi connectivity index (χ0n) is 23.4. The number of aromatic amines is 1. The summed E-state index contributed by atoms with van der Waals surface area (Å²) in [6, 6.07) is 14.5. The number of H-pyrrole nitrogens is 1. The molecule has 0 bridgehead atoms. The molecule has 1 atom stereocenters. The zero-order valence-corrected chi connectivity index (χ0v) is 24.1. The molecule has 4 N–H and O–H groups in total. The van der Waals surface area contributed by atoms with E-state index in [0.29, 0.717) is 55.3 Å². The van der Waals surface area contributed by atoms with E-state index < -0.39 is 34.5 Å². The minimum atomic E-state index is -1.09. The lowest BCUT2D eigenvalue weighted by atomic mass is 9.81. The van der Waals surface area contributed by atoms with Crippen molar-refractivity contribution in [1.29, 1.82) is 0 Å². The second-order valence-corrected chi connectivity index (χ2v) is 11.7. The quantitative estimate of drug-likeness (QED) is 0.279. The highest BCUT2D eigenvalue weighted by molar-refractivity contribution is 6.34. The largest absolute Gasteiger partial charge is 0.386 e. The predicted molar refractivity (Wildman–Crippen MR) is 161 cm³/mol. The molecule has 2 heterocycles. The maximum absolute atomic E-state index is 14.1. The molecule has 0 unspecified atom stereocenters. The lowest BCUT2D eigenvalue weighted by Crippen LogP contribution is -2.38. The number of allylic oxidation sites excluding steroid dienone is 1. The lowest BCUT2D eigenvalue weighted by Gasteiger charge is -2.25. The van der Waals surface area contributed by atoms with Crippen molar-refractivity contribution in [3.05, 3.63) is 114 Å². The van der Waals surface area contributed by atoms with E-state index in [1.807, 2.05) is 24.3 Å². The van der Waals surface area contributed by atoms with Gasteiger partial charge in [-0.3, -0.25) is 14.2 Å². The van der Waals surface area contributed by atoms with Gasteiger partial charge in [-0.2, -0.15) is 0 Å². The van der Waals surface area contributed by atoms with Crippen molar-refractivity contribution < 1.29 is 14.3 Å². The third-order valence-electron chi connectivity index (χ3n) is 8.18. The molecule has 0 spiro atoms. The van der Waals surface area contributed by atoms with Gasteiger partial charge in [-0.25, -0.2) is 13.8 Å². The number of amides is 1. The van der Waals surface area contributed by atoms with Crippen LogP contribution >= 0.6 is 11.6 Å². The van der Waals surface area contributed by atoms with E-state index >= 15 is 0 Å². The average molecular weight is 587 g/mol. The van der Waals surface area contributed by atoms with Gasteiger partial charge in [0.05, 0.1) is 28.1 Å². The van der Waals surface area contributed by atoms with Gasteiger partial charge in [0.2, 0.25) is 5.91 Å². The molecule has 10 heteroatoms. The smallest absolute Gasteiger partial charge is 0.335 e. The van der Waals surface area contributed by atoms with Crippen molar-refractivity contribution in [2.45, 2.75) is 38.7 Å². The molecule has 0 saturated carbocycles. The maximum Gasteiger partial charge on any atom is 0.335 e. The number of fused-ring (bicyclic) bond motifs is 4. The number of carbonyl (C=O) groups excluding carboxylic acids is 1. The Morgan fingerprint density at radius 2 is 1.86 bits per heavy atom. The number of hydrogen-bond donors (Lipinski definition) is 3. The molecule has 1 aliphatic carbocycles. The average Bonchev–Trinajstić information content (AvgIpc) is 3.31. The van der Waals surface area contributed by atoms with E-state index in [9.17, 15) is 23.9 Å². The van der Waals surface area contributed by atoms with Crippen molar-refractivity contribution in [3.63, 3.8) is 0 Å². The Kier molecular flexibility index (Phi) is 6.29. The summed E-state index contributed by atoms with van der Waals surface area (Å²) in [5.41, 5.74) is 8.69. The molecule has 3 aromatic carbocycles. The third kappa shape index (κ3) is 4.11. The van der Waals surface area contributed by atoms with Crippen molar-refractivity contribution in [3.8, 4) is 5.69 Å². The van der Waals surface area contributed by atoms with Crippen LogP contribution in [0.25, 0.3) is 33.1 Å². The highest BCUT2D eigenvalue weighted by atomic mass is 35.5. The van der Waals surface area contributed by atoms with Gasteiger partial charge < -0.3 is 15.8 Å². The normalized spacial score (nSPS) is 15.5. The van der Waals surface area contributed by atoms with Gasteiger partial charge in [-0.1, -0.05) is 35.9 Å². The van der Waals surface area contributed by atoms with Crippen molar-refractivity contribution in [2.75, 3.05) is 0 Å². The van der Waals surface area contributed by atoms with Crippen LogP contribution < -0.4 is 17.0 Å². The first kappa shape index (κ1) is 27.7. The molecule has 0 aliphatic heterocycles. The molecular formula is C32H28ClFN4O4. The number of aromatic nitrogens is 3. The molecule has 6 rings (SSSR count). The van der Waals surface area contributed by atoms with E-state index in [1.54, 1.807) is 32.9 Å². The summed E-state index contributed by atoms with van der Waals surface area (Å²) >= 11 is 6.94. The van der Waals surface area contributed by atoms with Gasteiger partial charge in [-0.05, 0) is 67.8 Å². The summed E-state index contributed by atoms with van der Waals surface area (Å²) in [5.74, 6) is -1.83. The Bertz CT molecular complexity index is 2130. The number of carbonyl (C=O) groups is 1. The van der Waals surface area contributed by atoms with Gasteiger partial charge in [0, 0.05) is 46.2 Å². The molecule has 0 saturated heterocycles. The topological polar surface area (TPSA) is 123 Å². The van der Waals surface area contributed by atoms with Gasteiger partial charge in [0.25, 0.3) is 5.56 Å². The number of rotatable bonds is 4. The highest BCUT2D eigenvalue weighted by Gasteiger charge is 2.34. The van der Waals surface area contributed by atoms with E-state index in [1.165, 1.54) is 23.7 Å². The van der Waals surface area contributed by atoms with E-state index in [2.05, 4.69) is 4.98 Å². The van der Waals surface area contributed by atoms with Gasteiger partial charge in [0.1, 0.15) is 5.82 Å². The van der Waals surface area contributed by atoms with Crippen LogP contribution in [0.5, 0.6) is 0 Å². The highest BCUT2D eigenvalue weighted by Crippen LogP contribution is 2.47.